The Balaban J connectivity index is 1.95. The molecule has 0 aromatic heterocycles. The van der Waals surface area contributed by atoms with Crippen LogP contribution >= 0.6 is 0 Å². The minimum Gasteiger partial charge on any atom is -0.486 e. The smallest absolute Gasteiger partial charge is 0.163 e. The fourth-order valence-corrected chi connectivity index (χ4v) is 2.33. The first-order chi connectivity index (χ1) is 10.1. The van der Waals surface area contributed by atoms with E-state index in [0.29, 0.717) is 24.7 Å². The highest BCUT2D eigenvalue weighted by Crippen LogP contribution is 2.39. The van der Waals surface area contributed by atoms with Crippen molar-refractivity contribution in [3.63, 3.8) is 0 Å². The lowest BCUT2D eigenvalue weighted by molar-refractivity contribution is 0.172. The number of nitrogens with zero attached hydrogens (tertiary/aromatic N) is 1. The summed E-state index contributed by atoms with van der Waals surface area (Å²) in [7, 11) is 4.02. The number of para-hydroxylation sites is 2. The molecule has 21 heavy (non-hydrogen) atoms. The summed E-state index contributed by atoms with van der Waals surface area (Å²) < 4.78 is 11.1. The number of benzene rings is 2. The van der Waals surface area contributed by atoms with Gasteiger partial charge in [0.25, 0.3) is 0 Å². The molecule has 1 aliphatic heterocycles. The molecule has 0 amide bonds. The molecule has 3 N–H and O–H groups in total. The topological polar surface area (TPSA) is 59.8 Å². The third-order valence-corrected chi connectivity index (χ3v) is 3.37. The van der Waals surface area contributed by atoms with Crippen LogP contribution in [0.1, 0.15) is 0 Å². The number of hydrogen-bond donors (Lipinski definition) is 2. The summed E-state index contributed by atoms with van der Waals surface area (Å²) in [6.07, 6.45) is 0. The fraction of sp³-hybridized carbons (Fsp3) is 0.250. The zero-order valence-corrected chi connectivity index (χ0v) is 12.2. The molecule has 110 valence electrons. The van der Waals surface area contributed by atoms with Gasteiger partial charge in [-0.2, -0.15) is 0 Å². The fourth-order valence-electron chi connectivity index (χ4n) is 2.33. The molecule has 2 aromatic rings. The number of ether oxygens (including phenoxy) is 2. The maximum absolute atomic E-state index is 6.11. The predicted molar refractivity (Wildman–Crippen MR) is 85.9 cm³/mol. The van der Waals surface area contributed by atoms with Gasteiger partial charge in [-0.15, -0.1) is 0 Å². The molecule has 0 saturated carbocycles. The molecule has 0 spiro atoms. The molecule has 0 unspecified atom stereocenters. The molecule has 0 radical (unpaired) electrons. The van der Waals surface area contributed by atoms with Crippen LogP contribution in [0, 0.1) is 0 Å². The lowest BCUT2D eigenvalue weighted by Gasteiger charge is -2.22. The number of nitrogen functional groups attached to an aromatic ring is 1. The minimum absolute atomic E-state index is 0.558. The maximum Gasteiger partial charge on any atom is 0.163 e. The third kappa shape index (κ3) is 2.67. The number of hydrogen-bond acceptors (Lipinski definition) is 5. The highest BCUT2D eigenvalue weighted by Gasteiger charge is 2.15. The van der Waals surface area contributed by atoms with Crippen LogP contribution in [0.4, 0.5) is 22.7 Å². The molecular weight excluding hydrogens is 266 g/mol. The van der Waals surface area contributed by atoms with E-state index in [1.807, 2.05) is 38.4 Å². The van der Waals surface area contributed by atoms with Crippen molar-refractivity contribution in [1.82, 2.24) is 0 Å². The largest absolute Gasteiger partial charge is 0.486 e. The summed E-state index contributed by atoms with van der Waals surface area (Å²) in [6.45, 7) is 1.12. The second-order valence-electron chi connectivity index (χ2n) is 5.12. The number of anilines is 4. The molecule has 1 aliphatic rings. The van der Waals surface area contributed by atoms with E-state index in [4.69, 9.17) is 15.2 Å². The Morgan fingerprint density at radius 2 is 1.67 bits per heavy atom. The van der Waals surface area contributed by atoms with Gasteiger partial charge in [0.2, 0.25) is 0 Å². The molecule has 0 fully saturated rings. The van der Waals surface area contributed by atoms with Crippen molar-refractivity contribution in [2.45, 2.75) is 0 Å². The first-order valence-corrected chi connectivity index (χ1v) is 6.87. The van der Waals surface area contributed by atoms with E-state index in [-0.39, 0.29) is 0 Å². The zero-order chi connectivity index (χ0) is 14.8. The average Bonchev–Trinajstić information content (AvgIpc) is 2.48. The van der Waals surface area contributed by atoms with Gasteiger partial charge >= 0.3 is 0 Å². The van der Waals surface area contributed by atoms with Crippen LogP contribution in [0.3, 0.4) is 0 Å². The molecule has 5 nitrogen and oxygen atoms in total. The summed E-state index contributed by atoms with van der Waals surface area (Å²) in [5.41, 5.74) is 9.63. The lowest BCUT2D eigenvalue weighted by Crippen LogP contribution is -2.16. The van der Waals surface area contributed by atoms with Crippen molar-refractivity contribution in [2.24, 2.45) is 0 Å². The summed E-state index contributed by atoms with van der Waals surface area (Å²) >= 11 is 0. The highest BCUT2D eigenvalue weighted by atomic mass is 16.6. The van der Waals surface area contributed by atoms with Crippen LogP contribution in [-0.2, 0) is 0 Å². The van der Waals surface area contributed by atoms with E-state index < -0.39 is 0 Å². The Labute approximate surface area is 124 Å². The summed E-state index contributed by atoms with van der Waals surface area (Å²) in [5.74, 6) is 1.42. The predicted octanol–water partition coefficient (Wildman–Crippen LogP) is 2.85. The third-order valence-electron chi connectivity index (χ3n) is 3.37. The Kier molecular flexibility index (Phi) is 3.48. The molecule has 0 saturated heterocycles. The van der Waals surface area contributed by atoms with Crippen molar-refractivity contribution in [3.8, 4) is 11.5 Å². The number of nitrogens with two attached hydrogens (primary N) is 1. The van der Waals surface area contributed by atoms with Gasteiger partial charge in [-0.25, -0.2) is 0 Å². The van der Waals surface area contributed by atoms with Crippen LogP contribution in [0.15, 0.2) is 36.4 Å². The Morgan fingerprint density at radius 3 is 2.38 bits per heavy atom. The molecule has 5 heteroatoms. The van der Waals surface area contributed by atoms with Crippen LogP contribution in [0.25, 0.3) is 0 Å². The SMILES string of the molecule is CN(C)c1ccccc1Nc1cc2c(cc1N)OCCO2. The van der Waals surface area contributed by atoms with Gasteiger partial charge in [-0.3, -0.25) is 0 Å². The Hall–Kier alpha value is -2.56. The summed E-state index contributed by atoms with van der Waals surface area (Å²) in [4.78, 5) is 2.05. The van der Waals surface area contributed by atoms with Crippen LogP contribution in [-0.4, -0.2) is 27.3 Å². The molecule has 0 aliphatic carbocycles. The second kappa shape index (κ2) is 5.44. The number of fused-ring (bicyclic) bond motifs is 1. The Bertz CT molecular complexity index is 656. The summed E-state index contributed by atoms with van der Waals surface area (Å²) in [5, 5.41) is 3.37. The normalized spacial score (nSPS) is 12.9. The van der Waals surface area contributed by atoms with Crippen molar-refractivity contribution in [1.29, 1.82) is 0 Å². The zero-order valence-electron chi connectivity index (χ0n) is 12.2. The first kappa shape index (κ1) is 13.4. The van der Waals surface area contributed by atoms with Gasteiger partial charge < -0.3 is 25.4 Å². The van der Waals surface area contributed by atoms with Crippen molar-refractivity contribution >= 4 is 22.7 Å². The van der Waals surface area contributed by atoms with E-state index in [1.54, 1.807) is 6.07 Å². The van der Waals surface area contributed by atoms with E-state index in [1.165, 1.54) is 0 Å². The quantitative estimate of drug-likeness (QED) is 0.849. The van der Waals surface area contributed by atoms with Crippen LogP contribution in [0.5, 0.6) is 11.5 Å². The van der Waals surface area contributed by atoms with Gasteiger partial charge in [0.05, 0.1) is 22.7 Å². The molecule has 1 heterocycles. The monoisotopic (exact) mass is 285 g/mol. The van der Waals surface area contributed by atoms with Gasteiger partial charge in [-0.1, -0.05) is 12.1 Å². The van der Waals surface area contributed by atoms with Gasteiger partial charge in [0.15, 0.2) is 11.5 Å². The van der Waals surface area contributed by atoms with Crippen LogP contribution < -0.4 is 25.4 Å². The van der Waals surface area contributed by atoms with E-state index in [0.717, 1.165) is 22.8 Å². The van der Waals surface area contributed by atoms with Crippen molar-refractivity contribution in [2.75, 3.05) is 43.3 Å². The highest BCUT2D eigenvalue weighted by molar-refractivity contribution is 5.82. The standard InChI is InChI=1S/C16H19N3O2/c1-19(2)14-6-4-3-5-12(14)18-13-10-16-15(9-11(13)17)20-7-8-21-16/h3-6,9-10,18H,7-8,17H2,1-2H3. The molecule has 0 bridgehead atoms. The molecule has 2 aromatic carbocycles. The summed E-state index contributed by atoms with van der Waals surface area (Å²) in [6, 6.07) is 11.8. The average molecular weight is 285 g/mol. The molecule has 3 rings (SSSR count). The first-order valence-electron chi connectivity index (χ1n) is 6.87. The Morgan fingerprint density at radius 1 is 1.00 bits per heavy atom. The van der Waals surface area contributed by atoms with Crippen molar-refractivity contribution in [3.05, 3.63) is 36.4 Å². The van der Waals surface area contributed by atoms with E-state index in [9.17, 15) is 0 Å². The number of rotatable bonds is 3. The van der Waals surface area contributed by atoms with Gasteiger partial charge in [-0.05, 0) is 12.1 Å². The van der Waals surface area contributed by atoms with Crippen molar-refractivity contribution < 1.29 is 9.47 Å². The van der Waals surface area contributed by atoms with Crippen LogP contribution in [0.2, 0.25) is 0 Å². The minimum atomic E-state index is 0.558. The maximum atomic E-state index is 6.11. The molecular formula is C16H19N3O2. The second-order valence-corrected chi connectivity index (χ2v) is 5.12. The number of nitrogens with one attached hydrogen (secondary N) is 1. The lowest BCUT2D eigenvalue weighted by atomic mass is 10.2. The molecule has 0 atom stereocenters. The van der Waals surface area contributed by atoms with Gasteiger partial charge in [0, 0.05) is 26.2 Å². The van der Waals surface area contributed by atoms with Gasteiger partial charge in [0.1, 0.15) is 13.2 Å². The van der Waals surface area contributed by atoms with E-state index in [2.05, 4.69) is 16.3 Å². The van der Waals surface area contributed by atoms with E-state index >= 15 is 0 Å².